The SMILES string of the molecule is CCCCCCC/C=C/C(=O)CCCCc1ccccc1. The molecule has 1 nitrogen and oxygen atoms in total. The highest BCUT2D eigenvalue weighted by Crippen LogP contribution is 2.08. The minimum atomic E-state index is 0.289. The Hall–Kier alpha value is -1.37. The zero-order valence-corrected chi connectivity index (χ0v) is 13.5. The van der Waals surface area contributed by atoms with Crippen LogP contribution < -0.4 is 0 Å². The number of rotatable bonds is 12. The fourth-order valence-corrected chi connectivity index (χ4v) is 2.44. The van der Waals surface area contributed by atoms with Gasteiger partial charge in [-0.1, -0.05) is 69.0 Å². The summed E-state index contributed by atoms with van der Waals surface area (Å²) >= 11 is 0. The van der Waals surface area contributed by atoms with Gasteiger partial charge in [0.25, 0.3) is 0 Å². The van der Waals surface area contributed by atoms with Gasteiger partial charge in [-0.05, 0) is 43.7 Å². The Balaban J connectivity index is 1.98. The van der Waals surface area contributed by atoms with Crippen molar-refractivity contribution in [3.8, 4) is 0 Å². The van der Waals surface area contributed by atoms with Crippen LogP contribution in [0.5, 0.6) is 0 Å². The van der Waals surface area contributed by atoms with Crippen LogP contribution in [0, 0.1) is 0 Å². The standard InChI is InChI=1S/C20H30O/c1-2-3-4-5-6-7-11-17-20(21)18-13-12-16-19-14-9-8-10-15-19/h8-11,14-15,17H,2-7,12-13,16,18H2,1H3/b17-11+. The Morgan fingerprint density at radius 2 is 1.71 bits per heavy atom. The quantitative estimate of drug-likeness (QED) is 0.346. The summed E-state index contributed by atoms with van der Waals surface area (Å²) < 4.78 is 0. The van der Waals surface area contributed by atoms with Gasteiger partial charge in [0.15, 0.2) is 5.78 Å². The number of benzene rings is 1. The maximum Gasteiger partial charge on any atom is 0.155 e. The molecule has 0 aromatic heterocycles. The summed E-state index contributed by atoms with van der Waals surface area (Å²) in [6.45, 7) is 2.23. The fraction of sp³-hybridized carbons (Fsp3) is 0.550. The Bertz CT molecular complexity index is 392. The van der Waals surface area contributed by atoms with Crippen LogP contribution in [-0.4, -0.2) is 5.78 Å². The lowest BCUT2D eigenvalue weighted by molar-refractivity contribution is -0.114. The molecule has 0 aliphatic carbocycles. The van der Waals surface area contributed by atoms with E-state index in [0.717, 1.165) is 25.7 Å². The number of unbranched alkanes of at least 4 members (excludes halogenated alkanes) is 6. The van der Waals surface area contributed by atoms with Gasteiger partial charge in [-0.15, -0.1) is 0 Å². The van der Waals surface area contributed by atoms with Gasteiger partial charge < -0.3 is 0 Å². The number of hydrogen-bond donors (Lipinski definition) is 0. The molecule has 0 fully saturated rings. The van der Waals surface area contributed by atoms with Crippen molar-refractivity contribution in [1.82, 2.24) is 0 Å². The smallest absolute Gasteiger partial charge is 0.155 e. The van der Waals surface area contributed by atoms with Gasteiger partial charge in [0.1, 0.15) is 0 Å². The van der Waals surface area contributed by atoms with E-state index >= 15 is 0 Å². The topological polar surface area (TPSA) is 17.1 Å². The lowest BCUT2D eigenvalue weighted by Crippen LogP contribution is -1.93. The lowest BCUT2D eigenvalue weighted by atomic mass is 10.1. The van der Waals surface area contributed by atoms with Crippen molar-refractivity contribution in [2.75, 3.05) is 0 Å². The van der Waals surface area contributed by atoms with Gasteiger partial charge in [0.05, 0.1) is 0 Å². The molecule has 1 aromatic rings. The normalized spacial score (nSPS) is 11.1. The second-order valence-electron chi connectivity index (χ2n) is 5.76. The first-order valence-corrected chi connectivity index (χ1v) is 8.56. The minimum Gasteiger partial charge on any atom is -0.295 e. The van der Waals surface area contributed by atoms with Crippen LogP contribution in [-0.2, 0) is 11.2 Å². The molecule has 0 saturated heterocycles. The molecular formula is C20H30O. The summed E-state index contributed by atoms with van der Waals surface area (Å²) in [5.74, 6) is 0.289. The van der Waals surface area contributed by atoms with E-state index in [9.17, 15) is 4.79 Å². The van der Waals surface area contributed by atoms with E-state index in [1.165, 1.54) is 37.7 Å². The molecule has 0 saturated carbocycles. The monoisotopic (exact) mass is 286 g/mol. The molecule has 1 rings (SSSR count). The molecule has 0 aliphatic heterocycles. The Morgan fingerprint density at radius 3 is 2.48 bits per heavy atom. The summed E-state index contributed by atoms with van der Waals surface area (Å²) in [5, 5.41) is 0. The number of ketones is 1. The van der Waals surface area contributed by atoms with E-state index in [4.69, 9.17) is 0 Å². The number of carbonyl (C=O) groups excluding carboxylic acids is 1. The van der Waals surface area contributed by atoms with E-state index in [1.54, 1.807) is 6.08 Å². The highest BCUT2D eigenvalue weighted by atomic mass is 16.1. The Morgan fingerprint density at radius 1 is 0.952 bits per heavy atom. The van der Waals surface area contributed by atoms with Crippen LogP contribution in [0.4, 0.5) is 0 Å². The summed E-state index contributed by atoms with van der Waals surface area (Å²) in [7, 11) is 0. The first-order chi connectivity index (χ1) is 10.3. The lowest BCUT2D eigenvalue weighted by Gasteiger charge is -2.00. The van der Waals surface area contributed by atoms with Crippen molar-refractivity contribution in [2.24, 2.45) is 0 Å². The first kappa shape index (κ1) is 17.7. The Labute approximate surface area is 130 Å². The van der Waals surface area contributed by atoms with Crippen molar-refractivity contribution in [3.05, 3.63) is 48.0 Å². The van der Waals surface area contributed by atoms with Crippen LogP contribution >= 0.6 is 0 Å². The molecule has 1 aromatic carbocycles. The van der Waals surface area contributed by atoms with Crippen molar-refractivity contribution >= 4 is 5.78 Å². The molecule has 1 heteroatoms. The van der Waals surface area contributed by atoms with E-state index in [0.29, 0.717) is 6.42 Å². The predicted octanol–water partition coefficient (Wildman–Crippen LogP) is 5.89. The summed E-state index contributed by atoms with van der Waals surface area (Å²) in [6.07, 6.45) is 15.2. The molecule has 0 spiro atoms. The third-order valence-electron chi connectivity index (χ3n) is 3.76. The second-order valence-corrected chi connectivity index (χ2v) is 5.76. The molecule has 0 amide bonds. The molecule has 0 heterocycles. The van der Waals surface area contributed by atoms with Gasteiger partial charge in [0, 0.05) is 6.42 Å². The second kappa shape index (κ2) is 12.4. The molecule has 0 N–H and O–H groups in total. The average molecular weight is 286 g/mol. The van der Waals surface area contributed by atoms with Gasteiger partial charge >= 0.3 is 0 Å². The van der Waals surface area contributed by atoms with Crippen LogP contribution in [0.3, 0.4) is 0 Å². The van der Waals surface area contributed by atoms with Crippen LogP contribution in [0.1, 0.15) is 70.3 Å². The van der Waals surface area contributed by atoms with E-state index < -0.39 is 0 Å². The van der Waals surface area contributed by atoms with Crippen molar-refractivity contribution in [2.45, 2.75) is 71.1 Å². The maximum atomic E-state index is 11.7. The molecule has 116 valence electrons. The zero-order valence-electron chi connectivity index (χ0n) is 13.5. The minimum absolute atomic E-state index is 0.289. The van der Waals surface area contributed by atoms with Gasteiger partial charge in [-0.25, -0.2) is 0 Å². The number of hydrogen-bond acceptors (Lipinski definition) is 1. The number of allylic oxidation sites excluding steroid dienone is 2. The third-order valence-corrected chi connectivity index (χ3v) is 3.76. The van der Waals surface area contributed by atoms with Gasteiger partial charge in [-0.2, -0.15) is 0 Å². The van der Waals surface area contributed by atoms with Crippen molar-refractivity contribution in [1.29, 1.82) is 0 Å². The number of aryl methyl sites for hydroxylation is 1. The molecule has 0 unspecified atom stereocenters. The molecule has 0 bridgehead atoms. The number of carbonyl (C=O) groups is 1. The summed E-state index contributed by atoms with van der Waals surface area (Å²) in [6, 6.07) is 10.5. The van der Waals surface area contributed by atoms with Crippen LogP contribution in [0.15, 0.2) is 42.5 Å². The van der Waals surface area contributed by atoms with Crippen molar-refractivity contribution in [3.63, 3.8) is 0 Å². The Kier molecular flexibility index (Phi) is 10.4. The summed E-state index contributed by atoms with van der Waals surface area (Å²) in [5.41, 5.74) is 1.37. The highest BCUT2D eigenvalue weighted by molar-refractivity contribution is 5.89. The third kappa shape index (κ3) is 10.1. The zero-order chi connectivity index (χ0) is 15.2. The molecule has 0 aliphatic rings. The summed E-state index contributed by atoms with van der Waals surface area (Å²) in [4.78, 5) is 11.7. The van der Waals surface area contributed by atoms with Gasteiger partial charge in [0.2, 0.25) is 0 Å². The van der Waals surface area contributed by atoms with Gasteiger partial charge in [-0.3, -0.25) is 4.79 Å². The molecule has 0 radical (unpaired) electrons. The maximum absolute atomic E-state index is 11.7. The predicted molar refractivity (Wildman–Crippen MR) is 91.5 cm³/mol. The van der Waals surface area contributed by atoms with E-state index in [-0.39, 0.29) is 5.78 Å². The molecule has 21 heavy (non-hydrogen) atoms. The van der Waals surface area contributed by atoms with E-state index in [1.807, 2.05) is 6.07 Å². The first-order valence-electron chi connectivity index (χ1n) is 8.56. The molecule has 0 atom stereocenters. The highest BCUT2D eigenvalue weighted by Gasteiger charge is 1.97. The van der Waals surface area contributed by atoms with E-state index in [2.05, 4.69) is 37.3 Å². The fourth-order valence-electron chi connectivity index (χ4n) is 2.44. The van der Waals surface area contributed by atoms with Crippen LogP contribution in [0.2, 0.25) is 0 Å². The average Bonchev–Trinajstić information content (AvgIpc) is 2.52. The molecular weight excluding hydrogens is 256 g/mol. The van der Waals surface area contributed by atoms with Crippen LogP contribution in [0.25, 0.3) is 0 Å². The largest absolute Gasteiger partial charge is 0.295 e. The van der Waals surface area contributed by atoms with Crippen molar-refractivity contribution < 1.29 is 4.79 Å².